The lowest BCUT2D eigenvalue weighted by atomic mass is 10.1. The van der Waals surface area contributed by atoms with Crippen molar-refractivity contribution in [2.75, 3.05) is 7.11 Å². The Hall–Kier alpha value is -2.53. The van der Waals surface area contributed by atoms with Gasteiger partial charge in [-0.2, -0.15) is 5.10 Å². The van der Waals surface area contributed by atoms with E-state index < -0.39 is 0 Å². The van der Waals surface area contributed by atoms with Crippen molar-refractivity contribution >= 4 is 23.2 Å². The van der Waals surface area contributed by atoms with Gasteiger partial charge in [-0.15, -0.1) is 0 Å². The molecule has 0 radical (unpaired) electrons. The molecular weight excluding hydrogens is 304 g/mol. The van der Waals surface area contributed by atoms with Crippen molar-refractivity contribution in [1.29, 1.82) is 0 Å². The van der Waals surface area contributed by atoms with Gasteiger partial charge >= 0.3 is 0 Å². The standard InChI is InChI=1S/C16H15ClN2O3/c1-10(13-7-4-8-14(22-2)15(13)20)18-19-16(21)11-5-3-6-12(17)9-11/h3-9,20H,1-2H3,(H,19,21). The van der Waals surface area contributed by atoms with E-state index in [9.17, 15) is 9.90 Å². The Kier molecular flexibility index (Phi) is 5.01. The summed E-state index contributed by atoms with van der Waals surface area (Å²) in [4.78, 5) is 12.0. The first-order valence-corrected chi connectivity index (χ1v) is 6.87. The van der Waals surface area contributed by atoms with Gasteiger partial charge in [0.15, 0.2) is 11.5 Å². The number of para-hydroxylation sites is 1. The number of hydrogen-bond donors (Lipinski definition) is 2. The Balaban J connectivity index is 2.18. The lowest BCUT2D eigenvalue weighted by Crippen LogP contribution is -2.19. The van der Waals surface area contributed by atoms with Crippen LogP contribution in [0.4, 0.5) is 0 Å². The van der Waals surface area contributed by atoms with E-state index in [0.717, 1.165) is 0 Å². The fraction of sp³-hybridized carbons (Fsp3) is 0.125. The molecule has 0 aliphatic carbocycles. The van der Waals surface area contributed by atoms with Crippen molar-refractivity contribution < 1.29 is 14.6 Å². The van der Waals surface area contributed by atoms with E-state index in [4.69, 9.17) is 16.3 Å². The number of hydrogen-bond acceptors (Lipinski definition) is 4. The first kappa shape index (κ1) is 15.9. The second kappa shape index (κ2) is 6.95. The van der Waals surface area contributed by atoms with Gasteiger partial charge in [-0.3, -0.25) is 4.79 Å². The maximum absolute atomic E-state index is 12.0. The zero-order chi connectivity index (χ0) is 16.1. The molecule has 0 fully saturated rings. The number of ether oxygens (including phenoxy) is 1. The van der Waals surface area contributed by atoms with Crippen molar-refractivity contribution in [3.8, 4) is 11.5 Å². The molecule has 2 aromatic rings. The molecule has 0 bridgehead atoms. The minimum atomic E-state index is -0.385. The molecule has 2 aromatic carbocycles. The second-order valence-corrected chi connectivity index (χ2v) is 4.94. The van der Waals surface area contributed by atoms with Gasteiger partial charge in [0.05, 0.1) is 12.8 Å². The number of phenols is 1. The van der Waals surface area contributed by atoms with E-state index in [1.165, 1.54) is 7.11 Å². The molecule has 0 heterocycles. The smallest absolute Gasteiger partial charge is 0.271 e. The van der Waals surface area contributed by atoms with Crippen molar-refractivity contribution in [2.24, 2.45) is 5.10 Å². The first-order chi connectivity index (χ1) is 10.5. The highest BCUT2D eigenvalue weighted by Crippen LogP contribution is 2.29. The van der Waals surface area contributed by atoms with Crippen molar-refractivity contribution in [2.45, 2.75) is 6.92 Å². The van der Waals surface area contributed by atoms with Crippen LogP contribution in [0.1, 0.15) is 22.8 Å². The van der Waals surface area contributed by atoms with E-state index >= 15 is 0 Å². The van der Waals surface area contributed by atoms with Gasteiger partial charge in [-0.1, -0.05) is 23.7 Å². The quantitative estimate of drug-likeness (QED) is 0.671. The minimum Gasteiger partial charge on any atom is -0.504 e. The maximum atomic E-state index is 12.0. The summed E-state index contributed by atoms with van der Waals surface area (Å²) in [6.45, 7) is 1.67. The van der Waals surface area contributed by atoms with Crippen LogP contribution in [0.5, 0.6) is 11.5 Å². The monoisotopic (exact) mass is 318 g/mol. The number of amides is 1. The molecule has 5 nitrogen and oxygen atoms in total. The van der Waals surface area contributed by atoms with Crippen LogP contribution in [0.15, 0.2) is 47.6 Å². The van der Waals surface area contributed by atoms with Crippen LogP contribution in [0.2, 0.25) is 5.02 Å². The summed E-state index contributed by atoms with van der Waals surface area (Å²) in [6, 6.07) is 11.6. The number of nitrogens with one attached hydrogen (secondary N) is 1. The summed E-state index contributed by atoms with van der Waals surface area (Å²) in [5.41, 5.74) is 3.76. The SMILES string of the molecule is COc1cccc(C(C)=NNC(=O)c2cccc(Cl)c2)c1O. The minimum absolute atomic E-state index is 0.0248. The molecule has 1 amide bonds. The van der Waals surface area contributed by atoms with Gasteiger partial charge in [0.25, 0.3) is 5.91 Å². The van der Waals surface area contributed by atoms with E-state index in [-0.39, 0.29) is 11.7 Å². The number of hydrazone groups is 1. The van der Waals surface area contributed by atoms with E-state index in [1.807, 2.05) is 0 Å². The van der Waals surface area contributed by atoms with Gasteiger partial charge in [-0.05, 0) is 37.3 Å². The predicted octanol–water partition coefficient (Wildman–Crippen LogP) is 3.21. The van der Waals surface area contributed by atoms with Gasteiger partial charge in [-0.25, -0.2) is 5.43 Å². The Morgan fingerprint density at radius 2 is 2.00 bits per heavy atom. The summed E-state index contributed by atoms with van der Waals surface area (Å²) in [5.74, 6) is -0.0688. The highest BCUT2D eigenvalue weighted by molar-refractivity contribution is 6.30. The number of carbonyl (C=O) groups excluding carboxylic acids is 1. The molecule has 0 saturated heterocycles. The molecular formula is C16H15ClN2O3. The van der Waals surface area contributed by atoms with Crippen molar-refractivity contribution in [3.05, 3.63) is 58.6 Å². The molecule has 2 rings (SSSR count). The van der Waals surface area contributed by atoms with E-state index in [0.29, 0.717) is 27.6 Å². The maximum Gasteiger partial charge on any atom is 0.271 e. The van der Waals surface area contributed by atoms with Gasteiger partial charge in [0.1, 0.15) is 0 Å². The molecule has 6 heteroatoms. The molecule has 0 spiro atoms. The van der Waals surface area contributed by atoms with Crippen LogP contribution >= 0.6 is 11.6 Å². The number of aromatic hydroxyl groups is 1. The molecule has 0 aromatic heterocycles. The molecule has 2 N–H and O–H groups in total. The molecule has 0 saturated carbocycles. The summed E-state index contributed by atoms with van der Waals surface area (Å²) < 4.78 is 5.04. The fourth-order valence-electron chi connectivity index (χ4n) is 1.87. The van der Waals surface area contributed by atoms with Crippen LogP contribution in [0, 0.1) is 0 Å². The predicted molar refractivity (Wildman–Crippen MR) is 85.8 cm³/mol. The normalized spacial score (nSPS) is 11.1. The Bertz CT molecular complexity index is 729. The molecule has 22 heavy (non-hydrogen) atoms. The first-order valence-electron chi connectivity index (χ1n) is 6.49. The second-order valence-electron chi connectivity index (χ2n) is 4.50. The van der Waals surface area contributed by atoms with E-state index in [1.54, 1.807) is 49.4 Å². The molecule has 0 unspecified atom stereocenters. The zero-order valence-corrected chi connectivity index (χ0v) is 12.9. The van der Waals surface area contributed by atoms with Crippen LogP contribution < -0.4 is 10.2 Å². The van der Waals surface area contributed by atoms with Crippen LogP contribution in [0.3, 0.4) is 0 Å². The zero-order valence-electron chi connectivity index (χ0n) is 12.1. The molecule has 0 aliphatic rings. The Morgan fingerprint density at radius 1 is 1.27 bits per heavy atom. The molecule has 114 valence electrons. The summed E-state index contributed by atoms with van der Waals surface area (Å²) in [7, 11) is 1.46. The summed E-state index contributed by atoms with van der Waals surface area (Å²) in [6.07, 6.45) is 0. The van der Waals surface area contributed by atoms with Gasteiger partial charge in [0.2, 0.25) is 0 Å². The largest absolute Gasteiger partial charge is 0.504 e. The summed E-state index contributed by atoms with van der Waals surface area (Å²) >= 11 is 5.84. The highest BCUT2D eigenvalue weighted by Gasteiger charge is 2.11. The fourth-order valence-corrected chi connectivity index (χ4v) is 2.06. The van der Waals surface area contributed by atoms with Crippen molar-refractivity contribution in [3.63, 3.8) is 0 Å². The number of halogens is 1. The number of carbonyl (C=O) groups is 1. The lowest BCUT2D eigenvalue weighted by molar-refractivity contribution is 0.0955. The number of methoxy groups -OCH3 is 1. The number of phenolic OH excluding ortho intramolecular Hbond substituents is 1. The average molecular weight is 319 g/mol. The van der Waals surface area contributed by atoms with E-state index in [2.05, 4.69) is 10.5 Å². The Morgan fingerprint density at radius 3 is 2.68 bits per heavy atom. The van der Waals surface area contributed by atoms with Gasteiger partial charge < -0.3 is 9.84 Å². The van der Waals surface area contributed by atoms with Crippen molar-refractivity contribution in [1.82, 2.24) is 5.43 Å². The third-order valence-electron chi connectivity index (χ3n) is 3.02. The topological polar surface area (TPSA) is 70.9 Å². The Labute approximate surface area is 133 Å². The van der Waals surface area contributed by atoms with Crippen LogP contribution in [-0.4, -0.2) is 23.8 Å². The number of rotatable bonds is 4. The van der Waals surface area contributed by atoms with Crippen LogP contribution in [-0.2, 0) is 0 Å². The number of benzene rings is 2. The number of nitrogens with zero attached hydrogens (tertiary/aromatic N) is 1. The third-order valence-corrected chi connectivity index (χ3v) is 3.26. The summed E-state index contributed by atoms with van der Waals surface area (Å²) in [5, 5.41) is 14.5. The highest BCUT2D eigenvalue weighted by atomic mass is 35.5. The average Bonchev–Trinajstić information content (AvgIpc) is 2.52. The third kappa shape index (κ3) is 3.56. The lowest BCUT2D eigenvalue weighted by Gasteiger charge is -2.08. The van der Waals surface area contributed by atoms with Crippen LogP contribution in [0.25, 0.3) is 0 Å². The molecule has 0 aliphatic heterocycles. The van der Waals surface area contributed by atoms with Gasteiger partial charge in [0, 0.05) is 16.1 Å². The molecule has 0 atom stereocenters.